The SMILES string of the molecule is Cc1noc(C)c1S(=O)(=O)Nc1cc(Br)ccc1C(N)=S. The second kappa shape index (κ2) is 5.74. The van der Waals surface area contributed by atoms with E-state index >= 15 is 0 Å². The van der Waals surface area contributed by atoms with Crippen LogP contribution in [-0.4, -0.2) is 18.6 Å². The minimum atomic E-state index is -3.85. The Morgan fingerprint density at radius 1 is 1.43 bits per heavy atom. The predicted molar refractivity (Wildman–Crippen MR) is 86.8 cm³/mol. The van der Waals surface area contributed by atoms with Crippen molar-refractivity contribution < 1.29 is 12.9 Å². The van der Waals surface area contributed by atoms with Crippen molar-refractivity contribution in [2.45, 2.75) is 18.7 Å². The van der Waals surface area contributed by atoms with E-state index in [1.807, 2.05) is 0 Å². The molecule has 6 nitrogen and oxygen atoms in total. The fourth-order valence-electron chi connectivity index (χ4n) is 1.87. The first-order valence-corrected chi connectivity index (χ1v) is 8.46. The van der Waals surface area contributed by atoms with Gasteiger partial charge in [0, 0.05) is 10.0 Å². The quantitative estimate of drug-likeness (QED) is 0.779. The monoisotopic (exact) mass is 389 g/mol. The summed E-state index contributed by atoms with van der Waals surface area (Å²) < 4.78 is 33.0. The van der Waals surface area contributed by atoms with Gasteiger partial charge in [0.15, 0.2) is 10.7 Å². The number of aryl methyl sites for hydroxylation is 2. The molecule has 0 saturated carbocycles. The van der Waals surface area contributed by atoms with E-state index in [1.165, 1.54) is 6.92 Å². The molecule has 0 unspecified atom stereocenters. The summed E-state index contributed by atoms with van der Waals surface area (Å²) in [4.78, 5) is 0.107. The molecule has 0 bridgehead atoms. The van der Waals surface area contributed by atoms with Gasteiger partial charge in [-0.15, -0.1) is 0 Å². The van der Waals surface area contributed by atoms with Gasteiger partial charge in [0.2, 0.25) is 0 Å². The smallest absolute Gasteiger partial charge is 0.267 e. The summed E-state index contributed by atoms with van der Waals surface area (Å²) in [5.41, 5.74) is 6.62. The first-order chi connectivity index (χ1) is 9.72. The second-order valence-corrected chi connectivity index (χ2v) is 7.29. The fraction of sp³-hybridized carbons (Fsp3) is 0.167. The first-order valence-electron chi connectivity index (χ1n) is 5.77. The molecule has 0 amide bonds. The van der Waals surface area contributed by atoms with Gasteiger partial charge in [-0.3, -0.25) is 4.72 Å². The highest BCUT2D eigenvalue weighted by molar-refractivity contribution is 9.10. The minimum Gasteiger partial charge on any atom is -0.389 e. The van der Waals surface area contributed by atoms with E-state index < -0.39 is 10.0 Å². The third kappa shape index (κ3) is 3.25. The molecule has 21 heavy (non-hydrogen) atoms. The number of nitrogens with two attached hydrogens (primary N) is 1. The number of benzene rings is 1. The summed E-state index contributed by atoms with van der Waals surface area (Å²) in [6.07, 6.45) is 0. The summed E-state index contributed by atoms with van der Waals surface area (Å²) in [6.45, 7) is 3.09. The second-order valence-electron chi connectivity index (χ2n) is 4.31. The maximum atomic E-state index is 12.5. The maximum Gasteiger partial charge on any atom is 0.267 e. The summed E-state index contributed by atoms with van der Waals surface area (Å²) in [7, 11) is -3.85. The van der Waals surface area contributed by atoms with Crippen molar-refractivity contribution in [1.82, 2.24) is 5.16 Å². The zero-order valence-electron chi connectivity index (χ0n) is 11.2. The van der Waals surface area contributed by atoms with Gasteiger partial charge in [0.25, 0.3) is 10.0 Å². The first kappa shape index (κ1) is 15.9. The van der Waals surface area contributed by atoms with Gasteiger partial charge < -0.3 is 10.3 Å². The Morgan fingerprint density at radius 3 is 2.62 bits per heavy atom. The summed E-state index contributed by atoms with van der Waals surface area (Å²) in [5, 5.41) is 3.65. The normalized spacial score (nSPS) is 11.4. The van der Waals surface area contributed by atoms with Crippen molar-refractivity contribution in [2.24, 2.45) is 5.73 Å². The molecule has 0 atom stereocenters. The lowest BCUT2D eigenvalue weighted by molar-refractivity contribution is 0.390. The summed E-state index contributed by atoms with van der Waals surface area (Å²) in [6, 6.07) is 4.95. The molecule has 112 valence electrons. The lowest BCUT2D eigenvalue weighted by Crippen LogP contribution is -2.19. The molecule has 0 aliphatic carbocycles. The maximum absolute atomic E-state index is 12.5. The topological polar surface area (TPSA) is 98.2 Å². The standard InChI is InChI=1S/C12H12BrN3O3S2/c1-6-11(7(2)19-15-6)21(17,18)16-10-5-8(13)3-4-9(10)12(14)20/h3-5,16H,1-2H3,(H2,14,20). The van der Waals surface area contributed by atoms with Crippen LogP contribution in [0.3, 0.4) is 0 Å². The molecule has 1 heterocycles. The molecule has 0 radical (unpaired) electrons. The summed E-state index contributed by atoms with van der Waals surface area (Å²) in [5.74, 6) is 0.215. The predicted octanol–water partition coefficient (Wildman–Crippen LogP) is 2.49. The lowest BCUT2D eigenvalue weighted by atomic mass is 10.2. The number of aromatic nitrogens is 1. The number of rotatable bonds is 4. The molecule has 0 aliphatic rings. The number of anilines is 1. The zero-order valence-corrected chi connectivity index (χ0v) is 14.4. The van der Waals surface area contributed by atoms with Crippen molar-refractivity contribution in [2.75, 3.05) is 4.72 Å². The molecule has 0 fully saturated rings. The molecular weight excluding hydrogens is 378 g/mol. The van der Waals surface area contributed by atoms with Crippen LogP contribution in [0.1, 0.15) is 17.0 Å². The zero-order chi connectivity index (χ0) is 15.8. The van der Waals surface area contributed by atoms with E-state index in [2.05, 4.69) is 25.8 Å². The van der Waals surface area contributed by atoms with Crippen LogP contribution in [0, 0.1) is 13.8 Å². The molecule has 0 saturated heterocycles. The van der Waals surface area contributed by atoms with Crippen molar-refractivity contribution >= 4 is 48.8 Å². The van der Waals surface area contributed by atoms with E-state index in [4.69, 9.17) is 22.5 Å². The van der Waals surface area contributed by atoms with Crippen molar-refractivity contribution in [3.63, 3.8) is 0 Å². The van der Waals surface area contributed by atoms with Crippen LogP contribution in [0.15, 0.2) is 32.1 Å². The number of nitrogens with one attached hydrogen (secondary N) is 1. The van der Waals surface area contributed by atoms with Crippen LogP contribution in [-0.2, 0) is 10.0 Å². The Bertz CT molecular complexity index is 796. The van der Waals surface area contributed by atoms with Crippen LogP contribution in [0.4, 0.5) is 5.69 Å². The molecular formula is C12H12BrN3O3S2. The average Bonchev–Trinajstić information content (AvgIpc) is 2.68. The van der Waals surface area contributed by atoms with Crippen LogP contribution >= 0.6 is 28.1 Å². The van der Waals surface area contributed by atoms with E-state index in [0.717, 1.165) is 0 Å². The third-order valence-electron chi connectivity index (χ3n) is 2.73. The van der Waals surface area contributed by atoms with Crippen LogP contribution in [0.2, 0.25) is 0 Å². The summed E-state index contributed by atoms with van der Waals surface area (Å²) >= 11 is 8.21. The molecule has 1 aromatic heterocycles. The van der Waals surface area contributed by atoms with E-state index in [-0.39, 0.29) is 27.0 Å². The van der Waals surface area contributed by atoms with Crippen molar-refractivity contribution in [3.8, 4) is 0 Å². The van der Waals surface area contributed by atoms with E-state index in [9.17, 15) is 8.42 Å². The largest absolute Gasteiger partial charge is 0.389 e. The van der Waals surface area contributed by atoms with Crippen LogP contribution < -0.4 is 10.5 Å². The number of nitrogens with zero attached hydrogens (tertiary/aromatic N) is 1. The Kier molecular flexibility index (Phi) is 4.35. The van der Waals surface area contributed by atoms with Gasteiger partial charge in [0.1, 0.15) is 10.7 Å². The van der Waals surface area contributed by atoms with Crippen LogP contribution in [0.5, 0.6) is 0 Å². The van der Waals surface area contributed by atoms with Gasteiger partial charge in [-0.2, -0.15) is 0 Å². The minimum absolute atomic E-state index is 0.0105. The number of halogens is 1. The third-order valence-corrected chi connectivity index (χ3v) is 5.05. The van der Waals surface area contributed by atoms with Gasteiger partial charge in [-0.05, 0) is 32.0 Å². The lowest BCUT2D eigenvalue weighted by Gasteiger charge is -2.12. The Labute approximate surface area is 135 Å². The van der Waals surface area contributed by atoms with Gasteiger partial charge in [-0.1, -0.05) is 33.3 Å². The highest BCUT2D eigenvalue weighted by Crippen LogP contribution is 2.26. The van der Waals surface area contributed by atoms with Gasteiger partial charge >= 0.3 is 0 Å². The average molecular weight is 390 g/mol. The molecule has 2 aromatic rings. The van der Waals surface area contributed by atoms with Crippen LogP contribution in [0.25, 0.3) is 0 Å². The number of sulfonamides is 1. The molecule has 1 aromatic carbocycles. The Balaban J connectivity index is 2.51. The Morgan fingerprint density at radius 2 is 2.10 bits per heavy atom. The van der Waals surface area contributed by atoms with Gasteiger partial charge in [0.05, 0.1) is 5.69 Å². The molecule has 3 N–H and O–H groups in total. The number of hydrogen-bond acceptors (Lipinski definition) is 5. The molecule has 9 heteroatoms. The molecule has 0 aliphatic heterocycles. The highest BCUT2D eigenvalue weighted by atomic mass is 79.9. The van der Waals surface area contributed by atoms with Crippen molar-refractivity contribution in [3.05, 3.63) is 39.7 Å². The molecule has 2 rings (SSSR count). The Hall–Kier alpha value is -1.45. The number of hydrogen-bond donors (Lipinski definition) is 2. The van der Waals surface area contributed by atoms with Crippen molar-refractivity contribution in [1.29, 1.82) is 0 Å². The molecule has 0 spiro atoms. The highest BCUT2D eigenvalue weighted by Gasteiger charge is 2.25. The fourth-order valence-corrected chi connectivity index (χ4v) is 3.81. The van der Waals surface area contributed by atoms with Gasteiger partial charge in [-0.25, -0.2) is 8.42 Å². The number of thiocarbonyl (C=S) groups is 1. The van der Waals surface area contributed by atoms with E-state index in [0.29, 0.717) is 10.0 Å². The van der Waals surface area contributed by atoms with E-state index in [1.54, 1.807) is 25.1 Å².